The Kier molecular flexibility index (Phi) is 5.95. The van der Waals surface area contributed by atoms with Crippen molar-refractivity contribution in [1.29, 1.82) is 0 Å². The number of fused-ring (bicyclic) bond motifs is 2. The third-order valence-electron chi connectivity index (χ3n) is 5.82. The summed E-state index contributed by atoms with van der Waals surface area (Å²) in [5, 5.41) is 13.4. The van der Waals surface area contributed by atoms with E-state index in [0.717, 1.165) is 28.0 Å². The van der Waals surface area contributed by atoms with Crippen molar-refractivity contribution in [3.8, 4) is 17.2 Å². The Morgan fingerprint density at radius 3 is 2.88 bits per heavy atom. The number of hydrogen-bond acceptors (Lipinski definition) is 7. The van der Waals surface area contributed by atoms with Crippen LogP contribution >= 0.6 is 0 Å². The number of aliphatic carboxylic acids is 1. The van der Waals surface area contributed by atoms with Gasteiger partial charge in [-0.25, -0.2) is 4.98 Å². The first-order valence-electron chi connectivity index (χ1n) is 11.0. The maximum atomic E-state index is 11.7. The fourth-order valence-corrected chi connectivity index (χ4v) is 4.13. The van der Waals surface area contributed by atoms with Crippen molar-refractivity contribution in [3.63, 3.8) is 0 Å². The first-order valence-corrected chi connectivity index (χ1v) is 11.0. The van der Waals surface area contributed by atoms with Crippen LogP contribution in [0, 0.1) is 0 Å². The highest BCUT2D eigenvalue weighted by Crippen LogP contribution is 2.40. The van der Waals surface area contributed by atoms with Crippen molar-refractivity contribution in [1.82, 2.24) is 4.98 Å². The summed E-state index contributed by atoms with van der Waals surface area (Å²) in [5.41, 5.74) is 3.20. The van der Waals surface area contributed by atoms with Crippen LogP contribution in [-0.4, -0.2) is 36.5 Å². The lowest BCUT2D eigenvalue weighted by atomic mass is 9.88. The first-order chi connectivity index (χ1) is 16.6. The van der Waals surface area contributed by atoms with E-state index in [2.05, 4.69) is 10.3 Å². The summed E-state index contributed by atoms with van der Waals surface area (Å²) in [6, 6.07) is 17.0. The lowest BCUT2D eigenvalue weighted by molar-refractivity contribution is -0.137. The number of nitrogens with one attached hydrogen (secondary N) is 1. The molecule has 174 valence electrons. The first kappa shape index (κ1) is 21.6. The van der Waals surface area contributed by atoms with Crippen LogP contribution in [0.3, 0.4) is 0 Å². The fraction of sp³-hybridized carbons (Fsp3) is 0.231. The number of hydrogen-bond donors (Lipinski definition) is 2. The minimum atomic E-state index is -0.895. The number of pyridine rings is 1. The van der Waals surface area contributed by atoms with Crippen molar-refractivity contribution >= 4 is 22.8 Å². The molecule has 0 radical (unpaired) electrons. The van der Waals surface area contributed by atoms with Crippen molar-refractivity contribution in [2.45, 2.75) is 18.8 Å². The maximum Gasteiger partial charge on any atom is 0.304 e. The second-order valence-electron chi connectivity index (χ2n) is 7.97. The molecule has 3 heterocycles. The number of carboxylic acid groups (broad SMARTS) is 1. The largest absolute Gasteiger partial charge is 0.493 e. The summed E-state index contributed by atoms with van der Waals surface area (Å²) < 4.78 is 22.6. The number of carboxylic acids is 1. The minimum Gasteiger partial charge on any atom is -0.493 e. The monoisotopic (exact) mass is 460 g/mol. The standard InChI is InChI=1S/C26H24N2O6/c1-27-25-4-2-3-17(28-25)9-10-31-18-6-7-19-21(14-32-23(19)12-18)20(13-26(29)30)16-5-8-22-24(11-16)34-15-33-22/h2-8,11-12,14,20H,9-10,13,15H2,1H3,(H,27,28)(H,29,30). The molecule has 1 atom stereocenters. The molecule has 0 saturated heterocycles. The Hall–Kier alpha value is -4.20. The third-order valence-corrected chi connectivity index (χ3v) is 5.82. The van der Waals surface area contributed by atoms with Gasteiger partial charge in [-0.1, -0.05) is 12.1 Å². The molecular weight excluding hydrogens is 436 g/mol. The summed E-state index contributed by atoms with van der Waals surface area (Å²) in [5.74, 6) is 1.48. The van der Waals surface area contributed by atoms with Gasteiger partial charge in [0.15, 0.2) is 11.5 Å². The molecule has 1 unspecified atom stereocenters. The molecule has 0 bridgehead atoms. The third kappa shape index (κ3) is 4.47. The van der Waals surface area contributed by atoms with Crippen LogP contribution in [0.25, 0.3) is 11.0 Å². The second kappa shape index (κ2) is 9.35. The molecule has 8 nitrogen and oxygen atoms in total. The summed E-state index contributed by atoms with van der Waals surface area (Å²) in [7, 11) is 1.84. The van der Waals surface area contributed by atoms with E-state index in [1.54, 1.807) is 6.26 Å². The zero-order valence-electron chi connectivity index (χ0n) is 18.6. The average Bonchev–Trinajstić information content (AvgIpc) is 3.49. The number of benzene rings is 2. The van der Waals surface area contributed by atoms with Gasteiger partial charge >= 0.3 is 5.97 Å². The van der Waals surface area contributed by atoms with E-state index >= 15 is 0 Å². The molecule has 0 spiro atoms. The van der Waals surface area contributed by atoms with Crippen molar-refractivity contribution in [2.24, 2.45) is 0 Å². The second-order valence-corrected chi connectivity index (χ2v) is 7.97. The SMILES string of the molecule is CNc1cccc(CCOc2ccc3c(C(CC(=O)O)c4ccc5c(c4)OCO5)coc3c2)n1. The lowest BCUT2D eigenvalue weighted by Crippen LogP contribution is -2.07. The average molecular weight is 460 g/mol. The quantitative estimate of drug-likeness (QED) is 0.366. The van der Waals surface area contributed by atoms with E-state index < -0.39 is 11.9 Å². The molecule has 2 aromatic carbocycles. The van der Waals surface area contributed by atoms with E-state index in [9.17, 15) is 9.90 Å². The topological polar surface area (TPSA) is 103 Å². The summed E-state index contributed by atoms with van der Waals surface area (Å²) in [4.78, 5) is 16.2. The van der Waals surface area contributed by atoms with Gasteiger partial charge in [-0.3, -0.25) is 4.79 Å². The Morgan fingerprint density at radius 2 is 2.03 bits per heavy atom. The molecule has 0 fully saturated rings. The van der Waals surface area contributed by atoms with Crippen LogP contribution in [0.4, 0.5) is 5.82 Å². The van der Waals surface area contributed by atoms with Crippen molar-refractivity contribution < 1.29 is 28.5 Å². The highest BCUT2D eigenvalue weighted by Gasteiger charge is 2.25. The van der Waals surface area contributed by atoms with Crippen LogP contribution in [0.15, 0.2) is 65.3 Å². The summed E-state index contributed by atoms with van der Waals surface area (Å²) in [6.45, 7) is 0.634. The van der Waals surface area contributed by atoms with Crippen LogP contribution in [0.5, 0.6) is 17.2 Å². The smallest absolute Gasteiger partial charge is 0.304 e. The van der Waals surface area contributed by atoms with Crippen molar-refractivity contribution in [3.05, 3.63) is 77.7 Å². The van der Waals surface area contributed by atoms with E-state index in [0.29, 0.717) is 35.9 Å². The molecule has 2 aromatic heterocycles. The fourth-order valence-electron chi connectivity index (χ4n) is 4.13. The molecular formula is C26H24N2O6. The Labute approximate surface area is 196 Å². The molecule has 2 N–H and O–H groups in total. The molecule has 1 aliphatic rings. The van der Waals surface area contributed by atoms with Gasteiger partial charge in [0.2, 0.25) is 6.79 Å². The van der Waals surface area contributed by atoms with Crippen LogP contribution in [-0.2, 0) is 11.2 Å². The molecule has 0 aliphatic carbocycles. The van der Waals surface area contributed by atoms with E-state index in [4.69, 9.17) is 18.6 Å². The highest BCUT2D eigenvalue weighted by atomic mass is 16.7. The van der Waals surface area contributed by atoms with Crippen LogP contribution in [0.1, 0.15) is 29.2 Å². The maximum absolute atomic E-state index is 11.7. The summed E-state index contributed by atoms with van der Waals surface area (Å²) in [6.07, 6.45) is 2.22. The van der Waals surface area contributed by atoms with Crippen LogP contribution < -0.4 is 19.5 Å². The number of anilines is 1. The molecule has 34 heavy (non-hydrogen) atoms. The molecule has 8 heteroatoms. The zero-order chi connectivity index (χ0) is 23.5. The zero-order valence-corrected chi connectivity index (χ0v) is 18.6. The highest BCUT2D eigenvalue weighted by molar-refractivity contribution is 5.84. The van der Waals surface area contributed by atoms with E-state index in [1.165, 1.54) is 0 Å². The Morgan fingerprint density at radius 1 is 1.15 bits per heavy atom. The Balaban J connectivity index is 1.35. The van der Waals surface area contributed by atoms with Gasteiger partial charge in [0.1, 0.15) is 17.2 Å². The number of ether oxygens (including phenoxy) is 3. The van der Waals surface area contributed by atoms with Gasteiger partial charge in [0.05, 0.1) is 19.3 Å². The van der Waals surface area contributed by atoms with Gasteiger partial charge in [-0.15, -0.1) is 0 Å². The van der Waals surface area contributed by atoms with Crippen molar-refractivity contribution in [2.75, 3.05) is 25.8 Å². The lowest BCUT2D eigenvalue weighted by Gasteiger charge is -2.15. The number of nitrogens with zero attached hydrogens (tertiary/aromatic N) is 1. The normalized spacial score (nSPS) is 13.1. The predicted octanol–water partition coefficient (Wildman–Crippen LogP) is 4.83. The summed E-state index contributed by atoms with van der Waals surface area (Å²) >= 11 is 0. The van der Waals surface area contributed by atoms with Gasteiger partial charge in [-0.05, 0) is 42.0 Å². The molecule has 1 aliphatic heterocycles. The number of carbonyl (C=O) groups is 1. The van der Waals surface area contributed by atoms with E-state index in [1.807, 2.05) is 61.6 Å². The van der Waals surface area contributed by atoms with E-state index in [-0.39, 0.29) is 13.2 Å². The Bertz CT molecular complexity index is 1330. The predicted molar refractivity (Wildman–Crippen MR) is 126 cm³/mol. The number of furan rings is 1. The molecule has 0 amide bonds. The molecule has 5 rings (SSSR count). The van der Waals surface area contributed by atoms with Gasteiger partial charge in [0, 0.05) is 42.1 Å². The molecule has 4 aromatic rings. The van der Waals surface area contributed by atoms with Gasteiger partial charge < -0.3 is 29.1 Å². The van der Waals surface area contributed by atoms with Crippen LogP contribution in [0.2, 0.25) is 0 Å². The van der Waals surface area contributed by atoms with Gasteiger partial charge in [0.25, 0.3) is 0 Å². The number of aromatic nitrogens is 1. The minimum absolute atomic E-state index is 0.0782. The van der Waals surface area contributed by atoms with Gasteiger partial charge in [-0.2, -0.15) is 0 Å². The number of rotatable bonds is 9. The molecule has 0 saturated carbocycles.